The average Bonchev–Trinajstić information content (AvgIpc) is 2.49. The number of benzene rings is 1. The number of ether oxygens (including phenoxy) is 1. The maximum atomic E-state index is 14.0. The summed E-state index contributed by atoms with van der Waals surface area (Å²) in [5.74, 6) is 1.78. The number of rotatable bonds is 6. The summed E-state index contributed by atoms with van der Waals surface area (Å²) < 4.78 is 19.0. The first-order valence-corrected chi connectivity index (χ1v) is 7.76. The molecule has 0 aliphatic heterocycles. The smallest absolute Gasteiger partial charge is 0.169 e. The Bertz CT molecular complexity index is 413. The molecule has 0 saturated heterocycles. The molecule has 0 radical (unpaired) electrons. The highest BCUT2D eigenvalue weighted by atomic mass is 19.1. The van der Waals surface area contributed by atoms with Crippen LogP contribution in [-0.2, 0) is 6.54 Å². The standard InChI is InChI=1S/C17H26FNO/c1-3-13-7-9-14(10-8-13)11-19-12-15-5-4-6-16(20-2)17(15)18/h4-6,13-14,19H,3,7-12H2,1-2H3. The van der Waals surface area contributed by atoms with Crippen molar-refractivity contribution >= 4 is 0 Å². The van der Waals surface area contributed by atoms with Crippen LogP contribution in [0.15, 0.2) is 18.2 Å². The van der Waals surface area contributed by atoms with Gasteiger partial charge in [0.05, 0.1) is 7.11 Å². The second-order valence-corrected chi connectivity index (χ2v) is 5.86. The molecule has 0 atom stereocenters. The maximum absolute atomic E-state index is 14.0. The Balaban J connectivity index is 1.76. The normalized spacial score (nSPS) is 22.8. The van der Waals surface area contributed by atoms with Crippen LogP contribution in [0.2, 0.25) is 0 Å². The summed E-state index contributed by atoms with van der Waals surface area (Å²) in [7, 11) is 1.50. The quantitative estimate of drug-likeness (QED) is 0.845. The second-order valence-electron chi connectivity index (χ2n) is 5.86. The highest BCUT2D eigenvalue weighted by molar-refractivity contribution is 5.30. The van der Waals surface area contributed by atoms with E-state index in [1.165, 1.54) is 39.2 Å². The summed E-state index contributed by atoms with van der Waals surface area (Å²) in [6.45, 7) is 3.86. The lowest BCUT2D eigenvalue weighted by Gasteiger charge is -2.28. The van der Waals surface area contributed by atoms with Gasteiger partial charge in [-0.05, 0) is 37.3 Å². The Morgan fingerprint density at radius 3 is 2.55 bits per heavy atom. The first-order chi connectivity index (χ1) is 9.74. The Hall–Kier alpha value is -1.09. The van der Waals surface area contributed by atoms with Gasteiger partial charge in [-0.1, -0.05) is 38.3 Å². The second kappa shape index (κ2) is 7.63. The van der Waals surface area contributed by atoms with E-state index < -0.39 is 0 Å². The van der Waals surface area contributed by atoms with Crippen molar-refractivity contribution in [1.82, 2.24) is 5.32 Å². The van der Waals surface area contributed by atoms with Crippen molar-refractivity contribution in [2.45, 2.75) is 45.6 Å². The van der Waals surface area contributed by atoms with Crippen LogP contribution in [0.1, 0.15) is 44.6 Å². The van der Waals surface area contributed by atoms with Crippen molar-refractivity contribution in [3.05, 3.63) is 29.6 Å². The lowest BCUT2D eigenvalue weighted by atomic mass is 9.81. The van der Waals surface area contributed by atoms with Gasteiger partial charge in [0.1, 0.15) is 0 Å². The van der Waals surface area contributed by atoms with E-state index in [0.717, 1.165) is 18.4 Å². The van der Waals surface area contributed by atoms with Gasteiger partial charge in [0.25, 0.3) is 0 Å². The number of methoxy groups -OCH3 is 1. The summed E-state index contributed by atoms with van der Waals surface area (Å²) in [6, 6.07) is 5.31. The monoisotopic (exact) mass is 279 g/mol. The Morgan fingerprint density at radius 2 is 1.90 bits per heavy atom. The summed E-state index contributed by atoms with van der Waals surface area (Å²) in [5.41, 5.74) is 0.687. The minimum absolute atomic E-state index is 0.239. The number of hydrogen-bond acceptors (Lipinski definition) is 2. The predicted octanol–water partition coefficient (Wildman–Crippen LogP) is 4.14. The minimum atomic E-state index is -0.239. The summed E-state index contributed by atoms with van der Waals surface area (Å²) in [4.78, 5) is 0. The van der Waals surface area contributed by atoms with Crippen LogP contribution in [0.25, 0.3) is 0 Å². The van der Waals surface area contributed by atoms with E-state index >= 15 is 0 Å². The van der Waals surface area contributed by atoms with E-state index in [1.54, 1.807) is 6.07 Å². The van der Waals surface area contributed by atoms with Gasteiger partial charge in [-0.25, -0.2) is 4.39 Å². The highest BCUT2D eigenvalue weighted by Crippen LogP contribution is 2.30. The molecule has 112 valence electrons. The first kappa shape index (κ1) is 15.3. The molecule has 1 saturated carbocycles. The van der Waals surface area contributed by atoms with Crippen molar-refractivity contribution in [1.29, 1.82) is 0 Å². The minimum Gasteiger partial charge on any atom is -0.494 e. The van der Waals surface area contributed by atoms with Gasteiger partial charge in [-0.15, -0.1) is 0 Å². The van der Waals surface area contributed by atoms with E-state index in [1.807, 2.05) is 12.1 Å². The topological polar surface area (TPSA) is 21.3 Å². The molecule has 0 spiro atoms. The number of halogens is 1. The van der Waals surface area contributed by atoms with Gasteiger partial charge >= 0.3 is 0 Å². The molecule has 0 unspecified atom stereocenters. The number of hydrogen-bond donors (Lipinski definition) is 1. The van der Waals surface area contributed by atoms with E-state index in [2.05, 4.69) is 12.2 Å². The molecule has 2 rings (SSSR count). The van der Waals surface area contributed by atoms with E-state index in [4.69, 9.17) is 4.74 Å². The third-order valence-electron chi connectivity index (χ3n) is 4.56. The average molecular weight is 279 g/mol. The van der Waals surface area contributed by atoms with E-state index in [0.29, 0.717) is 17.9 Å². The zero-order chi connectivity index (χ0) is 14.4. The SMILES string of the molecule is CCC1CCC(CNCc2cccc(OC)c2F)CC1. The van der Waals surface area contributed by atoms with Crippen molar-refractivity contribution in [2.24, 2.45) is 11.8 Å². The van der Waals surface area contributed by atoms with Gasteiger partial charge in [0.15, 0.2) is 11.6 Å². The van der Waals surface area contributed by atoms with Gasteiger partial charge in [-0.2, -0.15) is 0 Å². The molecule has 1 aromatic carbocycles. The molecule has 0 aromatic heterocycles. The lowest BCUT2D eigenvalue weighted by molar-refractivity contribution is 0.262. The Labute approximate surface area is 121 Å². The zero-order valence-corrected chi connectivity index (χ0v) is 12.6. The van der Waals surface area contributed by atoms with Crippen molar-refractivity contribution in [3.8, 4) is 5.75 Å². The molecule has 0 heterocycles. The summed E-state index contributed by atoms with van der Waals surface area (Å²) in [5, 5.41) is 3.40. The molecule has 1 aliphatic carbocycles. The molecule has 0 bridgehead atoms. The molecule has 1 N–H and O–H groups in total. The van der Waals surface area contributed by atoms with Crippen LogP contribution in [0, 0.1) is 17.7 Å². The molecule has 3 heteroatoms. The van der Waals surface area contributed by atoms with Crippen LogP contribution < -0.4 is 10.1 Å². The molecule has 20 heavy (non-hydrogen) atoms. The van der Waals surface area contributed by atoms with Gasteiger partial charge in [0, 0.05) is 12.1 Å². The van der Waals surface area contributed by atoms with Gasteiger partial charge in [0.2, 0.25) is 0 Å². The summed E-state index contributed by atoms with van der Waals surface area (Å²) >= 11 is 0. The maximum Gasteiger partial charge on any atom is 0.169 e. The third-order valence-corrected chi connectivity index (χ3v) is 4.56. The fourth-order valence-electron chi connectivity index (χ4n) is 3.11. The largest absolute Gasteiger partial charge is 0.494 e. The predicted molar refractivity (Wildman–Crippen MR) is 80.4 cm³/mol. The Morgan fingerprint density at radius 1 is 1.20 bits per heavy atom. The fraction of sp³-hybridized carbons (Fsp3) is 0.647. The van der Waals surface area contributed by atoms with Crippen molar-refractivity contribution in [3.63, 3.8) is 0 Å². The van der Waals surface area contributed by atoms with Crippen LogP contribution >= 0.6 is 0 Å². The molecule has 1 aromatic rings. The van der Waals surface area contributed by atoms with Gasteiger partial charge in [-0.3, -0.25) is 0 Å². The molecule has 1 fully saturated rings. The number of nitrogens with one attached hydrogen (secondary N) is 1. The molecule has 0 amide bonds. The fourth-order valence-corrected chi connectivity index (χ4v) is 3.11. The van der Waals surface area contributed by atoms with E-state index in [-0.39, 0.29) is 5.82 Å². The van der Waals surface area contributed by atoms with Crippen LogP contribution in [0.5, 0.6) is 5.75 Å². The van der Waals surface area contributed by atoms with E-state index in [9.17, 15) is 4.39 Å². The Kier molecular flexibility index (Phi) is 5.84. The molecular weight excluding hydrogens is 253 g/mol. The highest BCUT2D eigenvalue weighted by Gasteiger charge is 2.19. The van der Waals surface area contributed by atoms with Crippen LogP contribution in [-0.4, -0.2) is 13.7 Å². The van der Waals surface area contributed by atoms with Crippen LogP contribution in [0.3, 0.4) is 0 Å². The van der Waals surface area contributed by atoms with Crippen molar-refractivity contribution < 1.29 is 9.13 Å². The van der Waals surface area contributed by atoms with Crippen molar-refractivity contribution in [2.75, 3.05) is 13.7 Å². The van der Waals surface area contributed by atoms with Crippen LogP contribution in [0.4, 0.5) is 4.39 Å². The first-order valence-electron chi connectivity index (χ1n) is 7.76. The molecule has 1 aliphatic rings. The molecule has 2 nitrogen and oxygen atoms in total. The third kappa shape index (κ3) is 3.95. The molecular formula is C17H26FNO. The van der Waals surface area contributed by atoms with Gasteiger partial charge < -0.3 is 10.1 Å². The zero-order valence-electron chi connectivity index (χ0n) is 12.6. The lowest BCUT2D eigenvalue weighted by Crippen LogP contribution is -2.26. The summed E-state index contributed by atoms with van der Waals surface area (Å²) in [6.07, 6.45) is 6.65.